The van der Waals surface area contributed by atoms with Crippen molar-refractivity contribution in [3.63, 3.8) is 0 Å². The fraction of sp³-hybridized carbons (Fsp3) is 0.350. The zero-order chi connectivity index (χ0) is 17.8. The van der Waals surface area contributed by atoms with Crippen molar-refractivity contribution in [1.29, 1.82) is 0 Å². The van der Waals surface area contributed by atoms with Crippen LogP contribution in [0.25, 0.3) is 10.9 Å². The molecule has 4 rings (SSSR count). The number of nitrogens with zero attached hydrogens (tertiary/aromatic N) is 2. The summed E-state index contributed by atoms with van der Waals surface area (Å²) in [6.07, 6.45) is 4.56. The van der Waals surface area contributed by atoms with Crippen molar-refractivity contribution in [2.75, 3.05) is 32.7 Å². The van der Waals surface area contributed by atoms with Crippen LogP contribution in [0.4, 0.5) is 4.79 Å². The maximum atomic E-state index is 12.4. The van der Waals surface area contributed by atoms with Gasteiger partial charge in [0.1, 0.15) is 5.76 Å². The molecule has 0 radical (unpaired) electrons. The zero-order valence-electron chi connectivity index (χ0n) is 14.8. The van der Waals surface area contributed by atoms with E-state index in [9.17, 15) is 4.79 Å². The number of piperazine rings is 1. The number of carbonyl (C=O) groups excluding carboxylic acids is 1. The Balaban J connectivity index is 1.22. The molecular weight excluding hydrogens is 328 g/mol. The van der Waals surface area contributed by atoms with Crippen LogP contribution in [-0.2, 0) is 13.0 Å². The summed E-state index contributed by atoms with van der Waals surface area (Å²) in [6, 6.07) is 12.2. The minimum Gasteiger partial charge on any atom is -0.468 e. The Kier molecular flexibility index (Phi) is 4.93. The molecule has 1 saturated heterocycles. The summed E-state index contributed by atoms with van der Waals surface area (Å²) in [5.74, 6) is 0.974. The van der Waals surface area contributed by atoms with E-state index in [1.807, 2.05) is 35.4 Å². The van der Waals surface area contributed by atoms with Gasteiger partial charge in [-0.15, -0.1) is 0 Å². The highest BCUT2D eigenvalue weighted by Crippen LogP contribution is 2.17. The molecule has 2 amide bonds. The Morgan fingerprint density at radius 2 is 1.96 bits per heavy atom. The van der Waals surface area contributed by atoms with Crippen molar-refractivity contribution in [2.24, 2.45) is 0 Å². The molecular formula is C20H24N4O2. The van der Waals surface area contributed by atoms with Crippen LogP contribution < -0.4 is 5.32 Å². The number of para-hydroxylation sites is 1. The highest BCUT2D eigenvalue weighted by atomic mass is 16.3. The van der Waals surface area contributed by atoms with Crippen LogP contribution in [0.1, 0.15) is 11.3 Å². The summed E-state index contributed by atoms with van der Waals surface area (Å²) < 4.78 is 5.39. The third-order valence-corrected chi connectivity index (χ3v) is 4.96. The molecule has 0 saturated carbocycles. The average Bonchev–Trinajstić information content (AvgIpc) is 3.32. The lowest BCUT2D eigenvalue weighted by Crippen LogP contribution is -2.51. The number of fused-ring (bicyclic) bond motifs is 1. The SMILES string of the molecule is O=C(NCCc1c[nH]c2ccccc12)N1CCN(Cc2ccco2)CC1. The first-order chi connectivity index (χ1) is 12.8. The first-order valence-corrected chi connectivity index (χ1v) is 9.12. The standard InChI is InChI=1S/C20H24N4O2/c25-20(21-8-7-16-14-22-19-6-2-1-5-18(16)19)24-11-9-23(10-12-24)15-17-4-3-13-26-17/h1-6,13-14,22H,7-12,15H2,(H,21,25). The highest BCUT2D eigenvalue weighted by Gasteiger charge is 2.21. The fourth-order valence-electron chi connectivity index (χ4n) is 3.49. The van der Waals surface area contributed by atoms with Crippen molar-refractivity contribution in [3.8, 4) is 0 Å². The van der Waals surface area contributed by atoms with Gasteiger partial charge >= 0.3 is 6.03 Å². The van der Waals surface area contributed by atoms with Gasteiger partial charge < -0.3 is 19.6 Å². The van der Waals surface area contributed by atoms with Crippen LogP contribution >= 0.6 is 0 Å². The maximum Gasteiger partial charge on any atom is 0.317 e. The molecule has 3 aromatic rings. The van der Waals surface area contributed by atoms with Crippen LogP contribution in [0.5, 0.6) is 0 Å². The number of amides is 2. The molecule has 0 unspecified atom stereocenters. The summed E-state index contributed by atoms with van der Waals surface area (Å²) in [6.45, 7) is 4.70. The van der Waals surface area contributed by atoms with Crippen LogP contribution in [0.3, 0.4) is 0 Å². The van der Waals surface area contributed by atoms with Crippen LogP contribution in [-0.4, -0.2) is 53.5 Å². The summed E-state index contributed by atoms with van der Waals surface area (Å²) in [5.41, 5.74) is 2.38. The van der Waals surface area contributed by atoms with Gasteiger partial charge in [0.2, 0.25) is 0 Å². The summed E-state index contributed by atoms with van der Waals surface area (Å²) in [7, 11) is 0. The molecule has 1 aromatic carbocycles. The molecule has 6 nitrogen and oxygen atoms in total. The summed E-state index contributed by atoms with van der Waals surface area (Å²) >= 11 is 0. The topological polar surface area (TPSA) is 64.5 Å². The average molecular weight is 352 g/mol. The van der Waals surface area contributed by atoms with Crippen molar-refractivity contribution < 1.29 is 9.21 Å². The van der Waals surface area contributed by atoms with Gasteiger partial charge in [-0.2, -0.15) is 0 Å². The lowest BCUT2D eigenvalue weighted by Gasteiger charge is -2.34. The number of furan rings is 1. The predicted octanol–water partition coefficient (Wildman–Crippen LogP) is 2.83. The largest absolute Gasteiger partial charge is 0.468 e. The summed E-state index contributed by atoms with van der Waals surface area (Å²) in [4.78, 5) is 19.9. The Hall–Kier alpha value is -2.73. The molecule has 2 aromatic heterocycles. The van der Waals surface area contributed by atoms with Gasteiger partial charge in [-0.05, 0) is 30.2 Å². The van der Waals surface area contributed by atoms with E-state index in [1.54, 1.807) is 6.26 Å². The van der Waals surface area contributed by atoms with Crippen LogP contribution in [0, 0.1) is 0 Å². The van der Waals surface area contributed by atoms with Crippen LogP contribution in [0.2, 0.25) is 0 Å². The number of H-pyrrole nitrogens is 1. The molecule has 3 heterocycles. The van der Waals surface area contributed by atoms with Gasteiger partial charge in [0, 0.05) is 49.8 Å². The van der Waals surface area contributed by atoms with Gasteiger partial charge in [0.15, 0.2) is 0 Å². The fourth-order valence-corrected chi connectivity index (χ4v) is 3.49. The lowest BCUT2D eigenvalue weighted by atomic mass is 10.1. The third kappa shape index (κ3) is 3.75. The number of urea groups is 1. The normalized spacial score (nSPS) is 15.5. The number of hydrogen-bond acceptors (Lipinski definition) is 3. The van der Waals surface area contributed by atoms with Gasteiger partial charge in [-0.25, -0.2) is 4.79 Å². The minimum absolute atomic E-state index is 0.0301. The van der Waals surface area contributed by atoms with E-state index >= 15 is 0 Å². The molecule has 26 heavy (non-hydrogen) atoms. The van der Waals surface area contributed by atoms with Gasteiger partial charge in [-0.1, -0.05) is 18.2 Å². The van der Waals surface area contributed by atoms with E-state index in [4.69, 9.17) is 4.42 Å². The van der Waals surface area contributed by atoms with Gasteiger partial charge in [-0.3, -0.25) is 4.90 Å². The second-order valence-corrected chi connectivity index (χ2v) is 6.68. The molecule has 6 heteroatoms. The molecule has 0 atom stereocenters. The number of nitrogens with one attached hydrogen (secondary N) is 2. The molecule has 1 fully saturated rings. The molecule has 2 N–H and O–H groups in total. The van der Waals surface area contributed by atoms with E-state index in [-0.39, 0.29) is 6.03 Å². The smallest absolute Gasteiger partial charge is 0.317 e. The van der Waals surface area contributed by atoms with Gasteiger partial charge in [0.25, 0.3) is 0 Å². The van der Waals surface area contributed by atoms with Crippen molar-refractivity contribution in [1.82, 2.24) is 20.1 Å². The van der Waals surface area contributed by atoms with Gasteiger partial charge in [0.05, 0.1) is 12.8 Å². The molecule has 0 spiro atoms. The molecule has 1 aliphatic rings. The first-order valence-electron chi connectivity index (χ1n) is 9.12. The monoisotopic (exact) mass is 352 g/mol. The molecule has 1 aliphatic heterocycles. The Labute approximate surface area is 152 Å². The molecule has 0 aliphatic carbocycles. The third-order valence-electron chi connectivity index (χ3n) is 4.96. The Bertz CT molecular complexity index is 848. The van der Waals surface area contributed by atoms with Crippen molar-refractivity contribution in [3.05, 3.63) is 60.2 Å². The minimum atomic E-state index is 0.0301. The number of aromatic nitrogens is 1. The number of aromatic amines is 1. The number of hydrogen-bond donors (Lipinski definition) is 2. The second kappa shape index (κ2) is 7.66. The lowest BCUT2D eigenvalue weighted by molar-refractivity contribution is 0.130. The van der Waals surface area contributed by atoms with E-state index < -0.39 is 0 Å². The first kappa shape index (κ1) is 16.7. The van der Waals surface area contributed by atoms with E-state index in [1.165, 1.54) is 10.9 Å². The summed E-state index contributed by atoms with van der Waals surface area (Å²) in [5, 5.41) is 4.28. The number of rotatable bonds is 5. The Morgan fingerprint density at radius 3 is 2.77 bits per heavy atom. The van der Waals surface area contributed by atoms with E-state index in [2.05, 4.69) is 27.3 Å². The molecule has 136 valence electrons. The predicted molar refractivity (Wildman–Crippen MR) is 101 cm³/mol. The maximum absolute atomic E-state index is 12.4. The van der Waals surface area contributed by atoms with E-state index in [0.29, 0.717) is 6.54 Å². The van der Waals surface area contributed by atoms with Crippen molar-refractivity contribution in [2.45, 2.75) is 13.0 Å². The van der Waals surface area contributed by atoms with Crippen LogP contribution in [0.15, 0.2) is 53.3 Å². The number of carbonyl (C=O) groups is 1. The van der Waals surface area contributed by atoms with E-state index in [0.717, 1.165) is 50.4 Å². The quantitative estimate of drug-likeness (QED) is 0.742. The zero-order valence-corrected chi connectivity index (χ0v) is 14.8. The van der Waals surface area contributed by atoms with Crippen molar-refractivity contribution >= 4 is 16.9 Å². The highest BCUT2D eigenvalue weighted by molar-refractivity contribution is 5.83. The second-order valence-electron chi connectivity index (χ2n) is 6.68. The Morgan fingerprint density at radius 1 is 1.12 bits per heavy atom. The molecule has 0 bridgehead atoms. The number of benzene rings is 1.